The lowest BCUT2D eigenvalue weighted by atomic mass is 10.2. The van der Waals surface area contributed by atoms with Crippen molar-refractivity contribution in [2.75, 3.05) is 0 Å². The molecular weight excluding hydrogens is 317 g/mol. The van der Waals surface area contributed by atoms with Gasteiger partial charge in [-0.3, -0.25) is 9.78 Å². The van der Waals surface area contributed by atoms with E-state index in [2.05, 4.69) is 15.3 Å². The summed E-state index contributed by atoms with van der Waals surface area (Å²) in [6, 6.07) is 4.15. The summed E-state index contributed by atoms with van der Waals surface area (Å²) in [5.74, 6) is -1.47. The third-order valence-electron chi connectivity index (χ3n) is 2.55. The van der Waals surface area contributed by atoms with Crippen LogP contribution in [0.4, 0.5) is 0 Å². The molecule has 8 heteroatoms. The standard InChI is InChI=1S/C13H9Cl2N3O3/c14-10-4-8(5-17-11(10)15)12(19)18-6-9-3-7(13(20)21)1-2-16-9/h1-5H,6H2,(H,18,19)(H,20,21). The first-order valence-electron chi connectivity index (χ1n) is 5.75. The van der Waals surface area contributed by atoms with Gasteiger partial charge >= 0.3 is 5.97 Å². The number of carbonyl (C=O) groups excluding carboxylic acids is 1. The summed E-state index contributed by atoms with van der Waals surface area (Å²) in [4.78, 5) is 30.5. The first kappa shape index (κ1) is 15.2. The van der Waals surface area contributed by atoms with Crippen molar-refractivity contribution in [1.82, 2.24) is 15.3 Å². The molecule has 6 nitrogen and oxygen atoms in total. The highest BCUT2D eigenvalue weighted by Crippen LogP contribution is 2.19. The molecule has 0 aliphatic carbocycles. The lowest BCUT2D eigenvalue weighted by molar-refractivity contribution is 0.0696. The van der Waals surface area contributed by atoms with E-state index >= 15 is 0 Å². The van der Waals surface area contributed by atoms with Gasteiger partial charge in [0.15, 0.2) is 0 Å². The topological polar surface area (TPSA) is 92.2 Å². The van der Waals surface area contributed by atoms with E-state index in [4.69, 9.17) is 28.3 Å². The largest absolute Gasteiger partial charge is 0.478 e. The van der Waals surface area contributed by atoms with Crippen LogP contribution in [0.25, 0.3) is 0 Å². The van der Waals surface area contributed by atoms with E-state index in [1.807, 2.05) is 0 Å². The maximum absolute atomic E-state index is 11.9. The van der Waals surface area contributed by atoms with Crippen LogP contribution in [0.2, 0.25) is 10.2 Å². The van der Waals surface area contributed by atoms with Crippen LogP contribution in [0.1, 0.15) is 26.4 Å². The Kier molecular flexibility index (Phi) is 4.72. The molecule has 0 spiro atoms. The maximum Gasteiger partial charge on any atom is 0.335 e. The Balaban J connectivity index is 2.05. The predicted molar refractivity (Wildman–Crippen MR) is 76.6 cm³/mol. The number of aromatic nitrogens is 2. The second kappa shape index (κ2) is 6.51. The van der Waals surface area contributed by atoms with E-state index in [1.54, 1.807) is 0 Å². The smallest absolute Gasteiger partial charge is 0.335 e. The molecule has 2 aromatic heterocycles. The number of nitrogens with zero attached hydrogens (tertiary/aromatic N) is 2. The van der Waals surface area contributed by atoms with Gasteiger partial charge in [0, 0.05) is 12.4 Å². The molecule has 0 aliphatic rings. The maximum atomic E-state index is 11.9. The lowest BCUT2D eigenvalue weighted by Crippen LogP contribution is -2.23. The number of nitrogens with one attached hydrogen (secondary N) is 1. The van der Waals surface area contributed by atoms with Crippen molar-refractivity contribution in [1.29, 1.82) is 0 Å². The summed E-state index contributed by atoms with van der Waals surface area (Å²) in [5.41, 5.74) is 0.778. The Bertz CT molecular complexity index is 707. The summed E-state index contributed by atoms with van der Waals surface area (Å²) < 4.78 is 0. The van der Waals surface area contributed by atoms with Gasteiger partial charge < -0.3 is 10.4 Å². The van der Waals surface area contributed by atoms with Gasteiger partial charge in [-0.05, 0) is 18.2 Å². The number of carboxylic acid groups (broad SMARTS) is 1. The zero-order valence-corrected chi connectivity index (χ0v) is 12.0. The first-order valence-corrected chi connectivity index (χ1v) is 6.50. The zero-order valence-electron chi connectivity index (χ0n) is 10.5. The van der Waals surface area contributed by atoms with Gasteiger partial charge in [-0.2, -0.15) is 0 Å². The van der Waals surface area contributed by atoms with E-state index in [0.717, 1.165) is 0 Å². The number of carboxylic acids is 1. The van der Waals surface area contributed by atoms with Crippen molar-refractivity contribution < 1.29 is 14.7 Å². The Hall–Kier alpha value is -2.18. The summed E-state index contributed by atoms with van der Waals surface area (Å²) in [6.07, 6.45) is 2.66. The number of rotatable bonds is 4. The Morgan fingerprint density at radius 3 is 2.62 bits per heavy atom. The van der Waals surface area contributed by atoms with E-state index in [9.17, 15) is 9.59 Å². The summed E-state index contributed by atoms with van der Waals surface area (Å²) in [6.45, 7) is 0.0835. The highest BCUT2D eigenvalue weighted by Gasteiger charge is 2.10. The summed E-state index contributed by atoms with van der Waals surface area (Å²) >= 11 is 11.4. The highest BCUT2D eigenvalue weighted by molar-refractivity contribution is 6.41. The van der Waals surface area contributed by atoms with Crippen LogP contribution in [0.3, 0.4) is 0 Å². The molecule has 0 radical (unpaired) electrons. The first-order chi connectivity index (χ1) is 9.97. The van der Waals surface area contributed by atoms with Crippen LogP contribution in [-0.4, -0.2) is 27.0 Å². The van der Waals surface area contributed by atoms with Crippen molar-refractivity contribution in [2.45, 2.75) is 6.54 Å². The molecule has 1 amide bonds. The van der Waals surface area contributed by atoms with Gasteiger partial charge in [0.1, 0.15) is 5.15 Å². The fraction of sp³-hybridized carbons (Fsp3) is 0.0769. The molecule has 0 fully saturated rings. The molecule has 0 bridgehead atoms. The molecule has 0 atom stereocenters. The SMILES string of the molecule is O=C(O)c1ccnc(CNC(=O)c2cnc(Cl)c(Cl)c2)c1. The van der Waals surface area contributed by atoms with E-state index in [1.165, 1.54) is 30.6 Å². The number of aromatic carboxylic acids is 1. The molecule has 2 N–H and O–H groups in total. The number of carbonyl (C=O) groups is 2. The molecule has 0 saturated carbocycles. The van der Waals surface area contributed by atoms with Gasteiger partial charge in [0.25, 0.3) is 5.91 Å². The normalized spacial score (nSPS) is 10.2. The number of hydrogen-bond donors (Lipinski definition) is 2. The van der Waals surface area contributed by atoms with Gasteiger partial charge in [-0.25, -0.2) is 9.78 Å². The minimum Gasteiger partial charge on any atom is -0.478 e. The van der Waals surface area contributed by atoms with Crippen LogP contribution in [0.15, 0.2) is 30.6 Å². The molecule has 0 aromatic carbocycles. The number of hydrogen-bond acceptors (Lipinski definition) is 4. The number of pyridine rings is 2. The molecule has 2 aromatic rings. The highest BCUT2D eigenvalue weighted by atomic mass is 35.5. The molecular formula is C13H9Cl2N3O3. The van der Waals surface area contributed by atoms with E-state index < -0.39 is 11.9 Å². The van der Waals surface area contributed by atoms with Crippen molar-refractivity contribution in [2.24, 2.45) is 0 Å². The van der Waals surface area contributed by atoms with Gasteiger partial charge in [-0.1, -0.05) is 23.2 Å². The Morgan fingerprint density at radius 1 is 1.19 bits per heavy atom. The predicted octanol–water partition coefficient (Wildman–Crippen LogP) is 2.41. The van der Waals surface area contributed by atoms with E-state index in [0.29, 0.717) is 5.69 Å². The van der Waals surface area contributed by atoms with Crippen molar-refractivity contribution in [3.63, 3.8) is 0 Å². The van der Waals surface area contributed by atoms with Crippen LogP contribution >= 0.6 is 23.2 Å². The third-order valence-corrected chi connectivity index (χ3v) is 3.24. The van der Waals surface area contributed by atoms with Crippen LogP contribution < -0.4 is 5.32 Å². The van der Waals surface area contributed by atoms with E-state index in [-0.39, 0.29) is 27.8 Å². The minimum absolute atomic E-state index is 0.0835. The average molecular weight is 326 g/mol. The number of halogens is 2. The fourth-order valence-corrected chi connectivity index (χ4v) is 1.80. The monoisotopic (exact) mass is 325 g/mol. The van der Waals surface area contributed by atoms with Gasteiger partial charge in [-0.15, -0.1) is 0 Å². The molecule has 2 heterocycles. The molecule has 21 heavy (non-hydrogen) atoms. The summed E-state index contributed by atoms with van der Waals surface area (Å²) in [5, 5.41) is 11.8. The molecule has 0 unspecified atom stereocenters. The van der Waals surface area contributed by atoms with Crippen LogP contribution in [0.5, 0.6) is 0 Å². The Morgan fingerprint density at radius 2 is 1.95 bits per heavy atom. The molecule has 2 rings (SSSR count). The van der Waals surface area contributed by atoms with Gasteiger partial charge in [0.05, 0.1) is 28.4 Å². The number of amides is 1. The summed E-state index contributed by atoms with van der Waals surface area (Å²) in [7, 11) is 0. The van der Waals surface area contributed by atoms with Crippen LogP contribution in [-0.2, 0) is 6.54 Å². The second-order valence-corrected chi connectivity index (χ2v) is 4.79. The van der Waals surface area contributed by atoms with Crippen molar-refractivity contribution in [3.05, 3.63) is 57.6 Å². The molecule has 0 saturated heterocycles. The quantitative estimate of drug-likeness (QED) is 0.842. The van der Waals surface area contributed by atoms with Gasteiger partial charge in [0.2, 0.25) is 0 Å². The average Bonchev–Trinajstić information content (AvgIpc) is 2.48. The lowest BCUT2D eigenvalue weighted by Gasteiger charge is -2.06. The fourth-order valence-electron chi connectivity index (χ4n) is 1.53. The van der Waals surface area contributed by atoms with Crippen molar-refractivity contribution in [3.8, 4) is 0 Å². The second-order valence-electron chi connectivity index (χ2n) is 4.02. The molecule has 0 aliphatic heterocycles. The minimum atomic E-state index is -1.06. The molecule has 108 valence electrons. The third kappa shape index (κ3) is 3.90. The Labute approximate surface area is 129 Å². The van der Waals surface area contributed by atoms with Crippen LogP contribution in [0, 0.1) is 0 Å². The van der Waals surface area contributed by atoms with Crippen molar-refractivity contribution >= 4 is 35.1 Å². The zero-order chi connectivity index (χ0) is 15.4.